The van der Waals surface area contributed by atoms with Gasteiger partial charge in [-0.2, -0.15) is 0 Å². The van der Waals surface area contributed by atoms with Crippen LogP contribution >= 0.6 is 0 Å². The molecule has 0 amide bonds. The quantitative estimate of drug-likeness (QED) is 0.171. The molecule has 7 aromatic carbocycles. The third-order valence-electron chi connectivity index (χ3n) is 10.5. The lowest BCUT2D eigenvalue weighted by atomic mass is 10.0. The Bertz CT molecular complexity index is 3240. The molecule has 11 aromatic rings. The topological polar surface area (TPSA) is 69.6 Å². The van der Waals surface area contributed by atoms with E-state index in [4.69, 9.17) is 24.4 Å². The minimum absolute atomic E-state index is 0.548. The van der Waals surface area contributed by atoms with Gasteiger partial charge in [-0.25, -0.2) is 19.9 Å². The first-order chi connectivity index (χ1) is 27.7. The van der Waals surface area contributed by atoms with Gasteiger partial charge < -0.3 is 4.42 Å². The van der Waals surface area contributed by atoms with Crippen LogP contribution in [-0.2, 0) is 0 Å². The normalized spacial score (nSPS) is 11.6. The number of nitrogens with zero attached hydrogens (tertiary/aromatic N) is 5. The molecule has 6 nitrogen and oxygen atoms in total. The van der Waals surface area contributed by atoms with E-state index in [1.54, 1.807) is 0 Å². The van der Waals surface area contributed by atoms with Crippen LogP contribution in [0.4, 0.5) is 0 Å². The highest BCUT2D eigenvalue weighted by Crippen LogP contribution is 2.39. The second-order valence-electron chi connectivity index (χ2n) is 13.9. The standard InChI is InChI=1S/C50H31N5O/c1-3-12-32(13-4-1)33-21-23-35(24-22-33)48-52-47(34-14-5-2-6-15-34)53-49(54-48)40-18-11-29-51-50(40)55-43-19-9-7-16-38(43)41-30-36(25-27-44(41)55)37-26-28-46-42(31-37)39-17-8-10-20-45(39)56-46/h1-31H. The average molecular weight is 718 g/mol. The van der Waals surface area contributed by atoms with Crippen LogP contribution in [0, 0.1) is 0 Å². The van der Waals surface area contributed by atoms with Gasteiger partial charge in [0.05, 0.1) is 16.6 Å². The number of benzene rings is 7. The van der Waals surface area contributed by atoms with E-state index in [-0.39, 0.29) is 0 Å². The van der Waals surface area contributed by atoms with E-state index < -0.39 is 0 Å². The molecule has 56 heavy (non-hydrogen) atoms. The Labute approximate surface area is 322 Å². The first kappa shape index (κ1) is 31.8. The highest BCUT2D eigenvalue weighted by molar-refractivity contribution is 6.11. The summed E-state index contributed by atoms with van der Waals surface area (Å²) in [6.07, 6.45) is 1.83. The van der Waals surface area contributed by atoms with Crippen molar-refractivity contribution in [2.75, 3.05) is 0 Å². The van der Waals surface area contributed by atoms with Crippen molar-refractivity contribution >= 4 is 43.7 Å². The lowest BCUT2D eigenvalue weighted by Crippen LogP contribution is -2.05. The van der Waals surface area contributed by atoms with Gasteiger partial charge in [0.1, 0.15) is 17.0 Å². The van der Waals surface area contributed by atoms with E-state index in [0.29, 0.717) is 17.5 Å². The fraction of sp³-hybridized carbons (Fsp3) is 0. The highest BCUT2D eigenvalue weighted by Gasteiger charge is 2.21. The van der Waals surface area contributed by atoms with Crippen LogP contribution in [0.3, 0.4) is 0 Å². The maximum Gasteiger partial charge on any atom is 0.167 e. The van der Waals surface area contributed by atoms with E-state index >= 15 is 0 Å². The number of hydrogen-bond acceptors (Lipinski definition) is 5. The van der Waals surface area contributed by atoms with Crippen molar-refractivity contribution in [3.8, 4) is 62.2 Å². The summed E-state index contributed by atoms with van der Waals surface area (Å²) in [4.78, 5) is 20.3. The number of hydrogen-bond donors (Lipinski definition) is 0. The predicted molar refractivity (Wildman–Crippen MR) is 226 cm³/mol. The molecule has 0 N–H and O–H groups in total. The van der Waals surface area contributed by atoms with Gasteiger partial charge >= 0.3 is 0 Å². The van der Waals surface area contributed by atoms with Crippen molar-refractivity contribution < 1.29 is 4.42 Å². The smallest absolute Gasteiger partial charge is 0.167 e. The van der Waals surface area contributed by atoms with Crippen LogP contribution in [0.25, 0.3) is 106 Å². The zero-order valence-electron chi connectivity index (χ0n) is 30.0. The molecule has 0 atom stereocenters. The molecule has 0 saturated carbocycles. The largest absolute Gasteiger partial charge is 0.456 e. The van der Waals surface area contributed by atoms with Gasteiger partial charge in [-0.05, 0) is 70.8 Å². The molecular formula is C50H31N5O. The molecule has 0 spiro atoms. The Morgan fingerprint density at radius 3 is 1.68 bits per heavy atom. The first-order valence-corrected chi connectivity index (χ1v) is 18.6. The molecular weight excluding hydrogens is 687 g/mol. The lowest BCUT2D eigenvalue weighted by molar-refractivity contribution is 0.669. The predicted octanol–water partition coefficient (Wildman–Crippen LogP) is 12.6. The number of rotatable bonds is 6. The molecule has 0 aliphatic rings. The van der Waals surface area contributed by atoms with E-state index in [9.17, 15) is 0 Å². The van der Waals surface area contributed by atoms with Crippen LogP contribution in [0.5, 0.6) is 0 Å². The first-order valence-electron chi connectivity index (χ1n) is 18.6. The summed E-state index contributed by atoms with van der Waals surface area (Å²) in [5.41, 5.74) is 11.0. The zero-order chi connectivity index (χ0) is 37.0. The zero-order valence-corrected chi connectivity index (χ0v) is 30.0. The van der Waals surface area contributed by atoms with Crippen LogP contribution < -0.4 is 0 Å². The number of aromatic nitrogens is 5. The Morgan fingerprint density at radius 2 is 0.893 bits per heavy atom. The van der Waals surface area contributed by atoms with Crippen molar-refractivity contribution in [2.45, 2.75) is 0 Å². The highest BCUT2D eigenvalue weighted by atomic mass is 16.3. The molecule has 0 radical (unpaired) electrons. The van der Waals surface area contributed by atoms with Gasteiger partial charge in [0.2, 0.25) is 0 Å². The summed E-state index contributed by atoms with van der Waals surface area (Å²) in [5.74, 6) is 2.49. The van der Waals surface area contributed by atoms with Gasteiger partial charge in [0.15, 0.2) is 17.5 Å². The maximum absolute atomic E-state index is 6.13. The molecule has 0 saturated heterocycles. The Kier molecular flexibility index (Phi) is 7.38. The van der Waals surface area contributed by atoms with Crippen molar-refractivity contribution in [3.05, 3.63) is 188 Å². The lowest BCUT2D eigenvalue weighted by Gasteiger charge is -2.14. The van der Waals surface area contributed by atoms with E-state index in [0.717, 1.165) is 88.5 Å². The summed E-state index contributed by atoms with van der Waals surface area (Å²) in [6.45, 7) is 0. The minimum Gasteiger partial charge on any atom is -0.456 e. The van der Waals surface area contributed by atoms with Crippen LogP contribution in [0.2, 0.25) is 0 Å². The summed E-state index contributed by atoms with van der Waals surface area (Å²) in [6, 6.07) is 62.7. The summed E-state index contributed by atoms with van der Waals surface area (Å²) < 4.78 is 8.37. The van der Waals surface area contributed by atoms with Crippen LogP contribution in [-0.4, -0.2) is 24.5 Å². The molecule has 0 unspecified atom stereocenters. The Morgan fingerprint density at radius 1 is 0.357 bits per heavy atom. The molecule has 0 aliphatic heterocycles. The van der Waals surface area contributed by atoms with Crippen molar-refractivity contribution in [1.82, 2.24) is 24.5 Å². The van der Waals surface area contributed by atoms with Crippen LogP contribution in [0.1, 0.15) is 0 Å². The van der Waals surface area contributed by atoms with Gasteiger partial charge in [-0.3, -0.25) is 4.57 Å². The van der Waals surface area contributed by atoms with E-state index in [1.165, 1.54) is 0 Å². The van der Waals surface area contributed by atoms with Crippen molar-refractivity contribution in [3.63, 3.8) is 0 Å². The minimum atomic E-state index is 0.548. The maximum atomic E-state index is 6.13. The van der Waals surface area contributed by atoms with Crippen molar-refractivity contribution in [2.24, 2.45) is 0 Å². The van der Waals surface area contributed by atoms with Gasteiger partial charge in [0.25, 0.3) is 0 Å². The molecule has 0 bridgehead atoms. The SMILES string of the molecule is c1ccc(-c2ccc(-c3nc(-c4ccccc4)nc(-c4cccnc4-n4c5ccccc5c5cc(-c6ccc7oc8ccccc8c7c6)ccc54)n3)cc2)cc1. The molecule has 262 valence electrons. The Balaban J connectivity index is 1.07. The molecule has 0 fully saturated rings. The fourth-order valence-electron chi connectivity index (χ4n) is 7.82. The van der Waals surface area contributed by atoms with Crippen LogP contribution in [0.15, 0.2) is 193 Å². The average Bonchev–Trinajstić information content (AvgIpc) is 3.82. The monoisotopic (exact) mass is 717 g/mol. The number of para-hydroxylation sites is 2. The third kappa shape index (κ3) is 5.35. The van der Waals surface area contributed by atoms with E-state index in [2.05, 4.69) is 126 Å². The van der Waals surface area contributed by atoms with Gasteiger partial charge in [0, 0.05) is 38.9 Å². The molecule has 4 aromatic heterocycles. The molecule has 0 aliphatic carbocycles. The summed E-state index contributed by atoms with van der Waals surface area (Å²) in [7, 11) is 0. The van der Waals surface area contributed by atoms with E-state index in [1.807, 2.05) is 66.9 Å². The second-order valence-corrected chi connectivity index (χ2v) is 13.9. The third-order valence-corrected chi connectivity index (χ3v) is 10.5. The molecule has 6 heteroatoms. The van der Waals surface area contributed by atoms with Gasteiger partial charge in [-0.1, -0.05) is 133 Å². The molecule has 11 rings (SSSR count). The molecule has 4 heterocycles. The number of furan rings is 1. The number of pyridine rings is 1. The Hall–Kier alpha value is -7.70. The fourth-order valence-corrected chi connectivity index (χ4v) is 7.82. The van der Waals surface area contributed by atoms with Gasteiger partial charge in [-0.15, -0.1) is 0 Å². The summed E-state index contributed by atoms with van der Waals surface area (Å²) >= 11 is 0. The summed E-state index contributed by atoms with van der Waals surface area (Å²) in [5, 5.41) is 4.49. The number of fused-ring (bicyclic) bond motifs is 6. The van der Waals surface area contributed by atoms with Crippen molar-refractivity contribution in [1.29, 1.82) is 0 Å². The second kappa shape index (κ2) is 13.0.